The molecule has 0 bridgehead atoms. The lowest BCUT2D eigenvalue weighted by Crippen LogP contribution is -2.20. The maximum Gasteiger partial charge on any atom is 0.255 e. The van der Waals surface area contributed by atoms with Crippen LogP contribution in [-0.2, 0) is 9.59 Å². The lowest BCUT2D eigenvalue weighted by atomic mass is 10.2. The number of hydrogen-bond acceptors (Lipinski definition) is 4. The Kier molecular flexibility index (Phi) is 5.25. The van der Waals surface area contributed by atoms with Gasteiger partial charge in [0.1, 0.15) is 0 Å². The quantitative estimate of drug-likeness (QED) is 0.810. The summed E-state index contributed by atoms with van der Waals surface area (Å²) in [5, 5.41) is 15.4. The van der Waals surface area contributed by atoms with Crippen molar-refractivity contribution < 1.29 is 19.5 Å². The van der Waals surface area contributed by atoms with Gasteiger partial charge in [-0.05, 0) is 36.4 Å². The highest BCUT2D eigenvalue weighted by Crippen LogP contribution is 2.16. The number of benzene rings is 2. The van der Waals surface area contributed by atoms with Crippen molar-refractivity contribution in [2.75, 3.05) is 10.6 Å². The van der Waals surface area contributed by atoms with Gasteiger partial charge in [-0.15, -0.1) is 0 Å². The van der Waals surface area contributed by atoms with E-state index in [-0.39, 0.29) is 5.91 Å². The summed E-state index contributed by atoms with van der Waals surface area (Å²) in [7, 11) is 0. The molecular formula is C17H13N2O4-. The van der Waals surface area contributed by atoms with Gasteiger partial charge in [-0.3, -0.25) is 9.59 Å². The molecule has 0 aliphatic rings. The smallest absolute Gasteiger partial charge is 0.255 e. The van der Waals surface area contributed by atoms with Crippen LogP contribution in [0.1, 0.15) is 10.4 Å². The lowest BCUT2D eigenvalue weighted by molar-refractivity contribution is -0.297. The van der Waals surface area contributed by atoms with Crippen LogP contribution in [0.4, 0.5) is 11.4 Å². The van der Waals surface area contributed by atoms with Crippen molar-refractivity contribution in [2.45, 2.75) is 0 Å². The SMILES string of the molecule is O=C([O-])/C=C/C(=O)Nc1cccc(NC(=O)c2ccccc2)c1. The number of aliphatic carboxylic acids is 1. The van der Waals surface area contributed by atoms with Crippen LogP contribution in [0.15, 0.2) is 66.7 Å². The highest BCUT2D eigenvalue weighted by molar-refractivity contribution is 6.05. The zero-order valence-corrected chi connectivity index (χ0v) is 12.0. The van der Waals surface area contributed by atoms with Gasteiger partial charge < -0.3 is 20.5 Å². The van der Waals surface area contributed by atoms with Crippen molar-refractivity contribution in [3.8, 4) is 0 Å². The van der Waals surface area contributed by atoms with Crippen LogP contribution < -0.4 is 15.7 Å². The molecule has 0 radical (unpaired) electrons. The molecule has 0 saturated carbocycles. The van der Waals surface area contributed by atoms with E-state index in [0.29, 0.717) is 23.0 Å². The standard InChI is InChI=1S/C17H14N2O4/c20-15(9-10-16(21)22)18-13-7-4-8-14(11-13)19-17(23)12-5-2-1-3-6-12/h1-11H,(H,18,20)(H,19,23)(H,21,22)/p-1/b10-9+. The number of carboxylic acids is 1. The molecule has 0 saturated heterocycles. The summed E-state index contributed by atoms with van der Waals surface area (Å²) in [6, 6.07) is 15.2. The van der Waals surface area contributed by atoms with E-state index >= 15 is 0 Å². The Morgan fingerprint density at radius 2 is 1.48 bits per heavy atom. The second kappa shape index (κ2) is 7.56. The third kappa shape index (κ3) is 5.13. The van der Waals surface area contributed by atoms with Gasteiger partial charge in [0.25, 0.3) is 5.91 Å². The van der Waals surface area contributed by atoms with E-state index in [1.54, 1.807) is 48.5 Å². The average molecular weight is 309 g/mol. The number of amides is 2. The average Bonchev–Trinajstić information content (AvgIpc) is 2.54. The van der Waals surface area contributed by atoms with Gasteiger partial charge in [-0.1, -0.05) is 24.3 Å². The van der Waals surface area contributed by atoms with Gasteiger partial charge >= 0.3 is 0 Å². The van der Waals surface area contributed by atoms with E-state index in [1.807, 2.05) is 6.07 Å². The predicted molar refractivity (Wildman–Crippen MR) is 83.6 cm³/mol. The first-order valence-electron chi connectivity index (χ1n) is 6.71. The van der Waals surface area contributed by atoms with Crippen LogP contribution in [0.2, 0.25) is 0 Å². The van der Waals surface area contributed by atoms with Crippen molar-refractivity contribution in [1.82, 2.24) is 0 Å². The molecule has 6 heteroatoms. The second-order valence-corrected chi connectivity index (χ2v) is 4.54. The van der Waals surface area contributed by atoms with Gasteiger partial charge in [0.2, 0.25) is 5.91 Å². The number of nitrogens with one attached hydrogen (secondary N) is 2. The van der Waals surface area contributed by atoms with E-state index < -0.39 is 11.9 Å². The molecule has 6 nitrogen and oxygen atoms in total. The lowest BCUT2D eigenvalue weighted by Gasteiger charge is -2.08. The van der Waals surface area contributed by atoms with E-state index in [4.69, 9.17) is 0 Å². The minimum atomic E-state index is -1.45. The van der Waals surface area contributed by atoms with Crippen molar-refractivity contribution in [3.05, 3.63) is 72.3 Å². The van der Waals surface area contributed by atoms with Gasteiger partial charge in [0.15, 0.2) is 0 Å². The van der Waals surface area contributed by atoms with Crippen LogP contribution in [-0.4, -0.2) is 17.8 Å². The summed E-state index contributed by atoms with van der Waals surface area (Å²) < 4.78 is 0. The van der Waals surface area contributed by atoms with Gasteiger partial charge in [0.05, 0.1) is 5.97 Å². The molecule has 0 atom stereocenters. The molecule has 0 spiro atoms. The fourth-order valence-electron chi connectivity index (χ4n) is 1.80. The van der Waals surface area contributed by atoms with Crippen LogP contribution in [0.5, 0.6) is 0 Å². The zero-order chi connectivity index (χ0) is 16.7. The normalized spacial score (nSPS) is 10.3. The third-order valence-electron chi connectivity index (χ3n) is 2.79. The first kappa shape index (κ1) is 16.0. The number of hydrogen-bond donors (Lipinski definition) is 2. The molecular weight excluding hydrogens is 296 g/mol. The molecule has 116 valence electrons. The van der Waals surface area contributed by atoms with E-state index in [9.17, 15) is 19.5 Å². The topological polar surface area (TPSA) is 98.3 Å². The maximum absolute atomic E-state index is 12.0. The zero-order valence-electron chi connectivity index (χ0n) is 12.0. The number of carboxylic acid groups (broad SMARTS) is 1. The van der Waals surface area contributed by atoms with E-state index in [1.165, 1.54) is 0 Å². The number of rotatable bonds is 5. The molecule has 0 aromatic heterocycles. The Morgan fingerprint density at radius 3 is 2.13 bits per heavy atom. The Labute approximate surface area is 132 Å². The first-order valence-corrected chi connectivity index (χ1v) is 6.71. The number of anilines is 2. The predicted octanol–water partition coefficient (Wildman–Crippen LogP) is 1.18. The molecule has 2 aromatic rings. The second-order valence-electron chi connectivity index (χ2n) is 4.54. The Bertz CT molecular complexity index is 754. The van der Waals surface area contributed by atoms with Crippen molar-refractivity contribution in [1.29, 1.82) is 0 Å². The molecule has 2 aromatic carbocycles. The number of carbonyl (C=O) groups is 3. The molecule has 2 rings (SSSR count). The summed E-state index contributed by atoms with van der Waals surface area (Å²) in [6.07, 6.45) is 1.49. The molecule has 0 fully saturated rings. The maximum atomic E-state index is 12.0. The van der Waals surface area contributed by atoms with Crippen LogP contribution in [0.3, 0.4) is 0 Å². The summed E-state index contributed by atoms with van der Waals surface area (Å²) in [5.74, 6) is -2.34. The van der Waals surface area contributed by atoms with Crippen molar-refractivity contribution >= 4 is 29.2 Å². The molecule has 0 unspecified atom stereocenters. The highest BCUT2D eigenvalue weighted by Gasteiger charge is 2.06. The number of carbonyl (C=O) groups excluding carboxylic acids is 3. The van der Waals surface area contributed by atoms with Crippen LogP contribution in [0, 0.1) is 0 Å². The summed E-state index contributed by atoms with van der Waals surface area (Å²) in [5.41, 5.74) is 1.43. The first-order chi connectivity index (χ1) is 11.0. The monoisotopic (exact) mass is 309 g/mol. The van der Waals surface area contributed by atoms with E-state index in [0.717, 1.165) is 6.08 Å². The Morgan fingerprint density at radius 1 is 0.826 bits per heavy atom. The summed E-state index contributed by atoms with van der Waals surface area (Å²) >= 11 is 0. The fraction of sp³-hybridized carbons (Fsp3) is 0. The minimum Gasteiger partial charge on any atom is -0.545 e. The van der Waals surface area contributed by atoms with Gasteiger partial charge in [0, 0.05) is 23.0 Å². The molecule has 2 N–H and O–H groups in total. The third-order valence-corrected chi connectivity index (χ3v) is 2.79. The van der Waals surface area contributed by atoms with Crippen LogP contribution >= 0.6 is 0 Å². The molecule has 2 amide bonds. The fourth-order valence-corrected chi connectivity index (χ4v) is 1.80. The van der Waals surface area contributed by atoms with E-state index in [2.05, 4.69) is 10.6 Å². The van der Waals surface area contributed by atoms with Gasteiger partial charge in [-0.25, -0.2) is 0 Å². The van der Waals surface area contributed by atoms with Crippen molar-refractivity contribution in [3.63, 3.8) is 0 Å². The summed E-state index contributed by atoms with van der Waals surface area (Å²) in [6.45, 7) is 0. The van der Waals surface area contributed by atoms with Gasteiger partial charge in [-0.2, -0.15) is 0 Å². The molecule has 0 heterocycles. The largest absolute Gasteiger partial charge is 0.545 e. The molecule has 23 heavy (non-hydrogen) atoms. The Hall–Kier alpha value is -3.41. The molecule has 0 aliphatic heterocycles. The molecule has 0 aliphatic carbocycles. The summed E-state index contributed by atoms with van der Waals surface area (Å²) in [4.78, 5) is 33.8. The Balaban J connectivity index is 2.04. The van der Waals surface area contributed by atoms with Crippen LogP contribution in [0.25, 0.3) is 0 Å². The van der Waals surface area contributed by atoms with Crippen molar-refractivity contribution in [2.24, 2.45) is 0 Å². The minimum absolute atomic E-state index is 0.272. The highest BCUT2D eigenvalue weighted by atomic mass is 16.4.